The Kier molecular flexibility index (Phi) is 7.32. The summed E-state index contributed by atoms with van der Waals surface area (Å²) in [6.07, 6.45) is 1.82. The molecule has 2 aromatic carbocycles. The average molecular weight is 480 g/mol. The van der Waals surface area contributed by atoms with Crippen LogP contribution in [0.1, 0.15) is 17.5 Å². The van der Waals surface area contributed by atoms with Gasteiger partial charge in [-0.15, -0.1) is 0 Å². The lowest BCUT2D eigenvalue weighted by atomic mass is 10.1. The minimum absolute atomic E-state index is 0.0568. The van der Waals surface area contributed by atoms with E-state index in [0.717, 1.165) is 27.8 Å². The molecule has 2 saturated heterocycles. The molecule has 8 nitrogen and oxygen atoms in total. The number of nitrogens with zero attached hydrogens (tertiary/aromatic N) is 2. The van der Waals surface area contributed by atoms with Crippen LogP contribution in [0, 0.1) is 5.92 Å². The van der Waals surface area contributed by atoms with Crippen LogP contribution < -0.4 is 10.1 Å². The number of carbonyl (C=O) groups excluding carboxylic acids is 4. The van der Waals surface area contributed by atoms with Crippen molar-refractivity contribution in [1.29, 1.82) is 0 Å². The second kappa shape index (κ2) is 10.6. The van der Waals surface area contributed by atoms with Crippen molar-refractivity contribution < 1.29 is 23.9 Å². The zero-order chi connectivity index (χ0) is 24.1. The number of imide groups is 1. The summed E-state index contributed by atoms with van der Waals surface area (Å²) in [6, 6.07) is 16.8. The van der Waals surface area contributed by atoms with Crippen molar-refractivity contribution in [2.75, 3.05) is 26.7 Å². The molecular formula is C25H25N3O5S. The van der Waals surface area contributed by atoms with E-state index in [1.807, 2.05) is 30.3 Å². The van der Waals surface area contributed by atoms with Crippen molar-refractivity contribution in [3.63, 3.8) is 0 Å². The number of hydrogen-bond acceptors (Lipinski definition) is 6. The van der Waals surface area contributed by atoms with Gasteiger partial charge in [-0.25, -0.2) is 0 Å². The molecule has 2 aromatic rings. The van der Waals surface area contributed by atoms with Crippen LogP contribution in [-0.2, 0) is 20.9 Å². The highest BCUT2D eigenvalue weighted by Crippen LogP contribution is 2.32. The van der Waals surface area contributed by atoms with E-state index in [0.29, 0.717) is 23.7 Å². The first-order chi connectivity index (χ1) is 16.4. The Labute approximate surface area is 201 Å². The van der Waals surface area contributed by atoms with E-state index in [-0.39, 0.29) is 42.5 Å². The smallest absolute Gasteiger partial charge is 0.293 e. The summed E-state index contributed by atoms with van der Waals surface area (Å²) in [4.78, 5) is 53.0. The molecule has 0 aliphatic carbocycles. The molecular weight excluding hydrogens is 454 g/mol. The number of likely N-dealkylation sites (tertiary alicyclic amines) is 1. The lowest BCUT2D eigenvalue weighted by Crippen LogP contribution is -2.40. The molecule has 2 heterocycles. The molecule has 176 valence electrons. The fourth-order valence-electron chi connectivity index (χ4n) is 3.88. The summed E-state index contributed by atoms with van der Waals surface area (Å²) in [5.74, 6) is -0.428. The van der Waals surface area contributed by atoms with E-state index in [1.54, 1.807) is 42.4 Å². The van der Waals surface area contributed by atoms with E-state index in [2.05, 4.69) is 5.32 Å². The number of nitrogens with one attached hydrogen (secondary N) is 1. The van der Waals surface area contributed by atoms with E-state index in [4.69, 9.17) is 4.74 Å². The summed E-state index contributed by atoms with van der Waals surface area (Å²) >= 11 is 0.875. The molecule has 2 fully saturated rings. The molecule has 0 saturated carbocycles. The molecule has 9 heteroatoms. The maximum atomic E-state index is 12.7. The third kappa shape index (κ3) is 5.48. The van der Waals surface area contributed by atoms with Crippen LogP contribution in [0.4, 0.5) is 4.79 Å². The summed E-state index contributed by atoms with van der Waals surface area (Å²) in [7, 11) is 1.57. The Bertz CT molecular complexity index is 1120. The monoisotopic (exact) mass is 479 g/mol. The summed E-state index contributed by atoms with van der Waals surface area (Å²) in [6.45, 7) is 1.04. The summed E-state index contributed by atoms with van der Waals surface area (Å²) in [5, 5.41) is 2.40. The molecule has 1 N–H and O–H groups in total. The standard InChI is InChI=1S/C25H25N3O5S/c1-33-20-9-7-17(8-10-20)13-21-24(31)28(25(32)34-21)12-11-26-23(30)19-14-22(29)27(16-19)15-18-5-3-2-4-6-18/h2-10,13,19H,11-12,14-16H2,1H3,(H,26,30)/b21-13+. The van der Waals surface area contributed by atoms with E-state index < -0.39 is 5.92 Å². The Morgan fingerprint density at radius 1 is 1.12 bits per heavy atom. The fraction of sp³-hybridized carbons (Fsp3) is 0.280. The van der Waals surface area contributed by atoms with Gasteiger partial charge < -0.3 is 15.0 Å². The van der Waals surface area contributed by atoms with Crippen molar-refractivity contribution in [2.24, 2.45) is 5.92 Å². The minimum Gasteiger partial charge on any atom is -0.497 e. The highest BCUT2D eigenvalue weighted by atomic mass is 32.2. The number of carbonyl (C=O) groups is 4. The number of benzene rings is 2. The first-order valence-corrected chi connectivity index (χ1v) is 11.7. The second-order valence-electron chi connectivity index (χ2n) is 8.06. The van der Waals surface area contributed by atoms with Crippen LogP contribution >= 0.6 is 11.8 Å². The van der Waals surface area contributed by atoms with Gasteiger partial charge in [0.1, 0.15) is 5.75 Å². The van der Waals surface area contributed by atoms with Gasteiger partial charge in [0.05, 0.1) is 17.9 Å². The predicted octanol–water partition coefficient (Wildman–Crippen LogP) is 2.90. The van der Waals surface area contributed by atoms with Gasteiger partial charge in [-0.1, -0.05) is 42.5 Å². The zero-order valence-corrected chi connectivity index (χ0v) is 19.5. The largest absolute Gasteiger partial charge is 0.497 e. The van der Waals surface area contributed by atoms with E-state index in [9.17, 15) is 19.2 Å². The van der Waals surface area contributed by atoms with Crippen molar-refractivity contribution >= 4 is 40.8 Å². The lowest BCUT2D eigenvalue weighted by molar-refractivity contribution is -0.129. The summed E-state index contributed by atoms with van der Waals surface area (Å²) < 4.78 is 5.12. The Morgan fingerprint density at radius 2 is 1.85 bits per heavy atom. The van der Waals surface area contributed by atoms with Gasteiger partial charge in [0.25, 0.3) is 11.1 Å². The normalized spacial score (nSPS) is 19.3. The van der Waals surface area contributed by atoms with Crippen LogP contribution in [0.25, 0.3) is 6.08 Å². The molecule has 2 aliphatic heterocycles. The number of hydrogen-bond donors (Lipinski definition) is 1. The Morgan fingerprint density at radius 3 is 2.56 bits per heavy atom. The number of thioether (sulfide) groups is 1. The summed E-state index contributed by atoms with van der Waals surface area (Å²) in [5.41, 5.74) is 1.80. The van der Waals surface area contributed by atoms with Gasteiger partial charge in [0.15, 0.2) is 0 Å². The molecule has 1 unspecified atom stereocenters. The molecule has 2 aliphatic rings. The third-order valence-electron chi connectivity index (χ3n) is 5.72. The number of rotatable bonds is 8. The SMILES string of the molecule is COc1ccc(/C=C2/SC(=O)N(CCNC(=O)C3CC(=O)N(Cc4ccccc4)C3)C2=O)cc1. The van der Waals surface area contributed by atoms with Crippen LogP contribution in [0.15, 0.2) is 59.5 Å². The van der Waals surface area contributed by atoms with Gasteiger partial charge in [0.2, 0.25) is 11.8 Å². The maximum absolute atomic E-state index is 12.7. The molecule has 0 radical (unpaired) electrons. The number of ether oxygens (including phenoxy) is 1. The molecule has 34 heavy (non-hydrogen) atoms. The first kappa shape index (κ1) is 23.6. The molecule has 0 bridgehead atoms. The molecule has 0 spiro atoms. The highest BCUT2D eigenvalue weighted by Gasteiger charge is 2.36. The quantitative estimate of drug-likeness (QED) is 0.585. The minimum atomic E-state index is -0.443. The van der Waals surface area contributed by atoms with Gasteiger partial charge in [-0.3, -0.25) is 24.1 Å². The molecule has 0 aromatic heterocycles. The van der Waals surface area contributed by atoms with Crippen molar-refractivity contribution in [3.05, 3.63) is 70.6 Å². The van der Waals surface area contributed by atoms with Crippen LogP contribution in [-0.4, -0.2) is 59.5 Å². The second-order valence-corrected chi connectivity index (χ2v) is 9.05. The van der Waals surface area contributed by atoms with Crippen molar-refractivity contribution in [2.45, 2.75) is 13.0 Å². The number of methoxy groups -OCH3 is 1. The van der Waals surface area contributed by atoms with Gasteiger partial charge in [-0.2, -0.15) is 0 Å². The average Bonchev–Trinajstić information content (AvgIpc) is 3.34. The molecule has 1 atom stereocenters. The van der Waals surface area contributed by atoms with E-state index in [1.165, 1.54) is 0 Å². The van der Waals surface area contributed by atoms with Crippen molar-refractivity contribution in [1.82, 2.24) is 15.1 Å². The maximum Gasteiger partial charge on any atom is 0.293 e. The van der Waals surface area contributed by atoms with Crippen LogP contribution in [0.5, 0.6) is 5.75 Å². The van der Waals surface area contributed by atoms with E-state index >= 15 is 0 Å². The van der Waals surface area contributed by atoms with Crippen LogP contribution in [0.2, 0.25) is 0 Å². The van der Waals surface area contributed by atoms with Gasteiger partial charge in [-0.05, 0) is 41.1 Å². The number of amides is 4. The van der Waals surface area contributed by atoms with Crippen LogP contribution in [0.3, 0.4) is 0 Å². The van der Waals surface area contributed by atoms with Gasteiger partial charge >= 0.3 is 0 Å². The topological polar surface area (TPSA) is 96.0 Å². The highest BCUT2D eigenvalue weighted by molar-refractivity contribution is 8.18. The molecule has 4 amide bonds. The van der Waals surface area contributed by atoms with Crippen molar-refractivity contribution in [3.8, 4) is 5.75 Å². The zero-order valence-electron chi connectivity index (χ0n) is 18.7. The van der Waals surface area contributed by atoms with Gasteiger partial charge in [0, 0.05) is 32.6 Å². The molecule has 4 rings (SSSR count). The predicted molar refractivity (Wildman–Crippen MR) is 129 cm³/mol. The lowest BCUT2D eigenvalue weighted by Gasteiger charge is -2.17. The first-order valence-electron chi connectivity index (χ1n) is 10.9. The Balaban J connectivity index is 1.27. The Hall–Kier alpha value is -3.59. The third-order valence-corrected chi connectivity index (χ3v) is 6.63. The fourth-order valence-corrected chi connectivity index (χ4v) is 4.75.